The van der Waals surface area contributed by atoms with Crippen LogP contribution in [0.15, 0.2) is 65.8 Å². The molecule has 9 heteroatoms. The maximum Gasteiger partial charge on any atom is 0.264 e. The van der Waals surface area contributed by atoms with E-state index in [1.165, 1.54) is 36.3 Å². The van der Waals surface area contributed by atoms with Gasteiger partial charge in [-0.2, -0.15) is 5.10 Å². The maximum atomic E-state index is 13.1. The number of nitrogens with one attached hydrogen (secondary N) is 1. The van der Waals surface area contributed by atoms with E-state index in [1.807, 2.05) is 0 Å². The molecule has 0 aliphatic carbocycles. The molecule has 4 aromatic rings. The second-order valence-corrected chi connectivity index (χ2v) is 6.87. The quantitative estimate of drug-likeness (QED) is 0.494. The number of rotatable bonds is 7. The number of hydrogen-bond acceptors (Lipinski definition) is 5. The molecule has 2 heterocycles. The van der Waals surface area contributed by atoms with Crippen molar-refractivity contribution in [2.75, 3.05) is 13.7 Å². The van der Waals surface area contributed by atoms with Crippen molar-refractivity contribution in [3.63, 3.8) is 0 Å². The lowest BCUT2D eigenvalue weighted by molar-refractivity contribution is 0.0949. The van der Waals surface area contributed by atoms with E-state index in [9.17, 15) is 14.0 Å². The highest BCUT2D eigenvalue weighted by Crippen LogP contribution is 2.16. The van der Waals surface area contributed by atoms with Gasteiger partial charge in [0.15, 0.2) is 5.65 Å². The molecule has 8 nitrogen and oxygen atoms in total. The monoisotopic (exact) mass is 421 g/mol. The number of nitrogens with zero attached hydrogens (tertiary/aromatic N) is 4. The molecule has 0 aliphatic heterocycles. The summed E-state index contributed by atoms with van der Waals surface area (Å²) in [6.45, 7) is 0.926. The van der Waals surface area contributed by atoms with Crippen LogP contribution >= 0.6 is 0 Å². The fraction of sp³-hybridized carbons (Fsp3) is 0.182. The zero-order chi connectivity index (χ0) is 21.8. The lowest BCUT2D eigenvalue weighted by Crippen LogP contribution is -2.28. The molecule has 31 heavy (non-hydrogen) atoms. The third kappa shape index (κ3) is 4.30. The van der Waals surface area contributed by atoms with Gasteiger partial charge >= 0.3 is 0 Å². The minimum Gasteiger partial charge on any atom is -0.496 e. The molecule has 0 atom stereocenters. The first-order chi connectivity index (χ1) is 15.1. The van der Waals surface area contributed by atoms with Crippen LogP contribution in [0.1, 0.15) is 15.9 Å². The maximum absolute atomic E-state index is 13.1. The molecule has 158 valence electrons. The molecule has 0 aliphatic rings. The van der Waals surface area contributed by atoms with Crippen molar-refractivity contribution in [2.45, 2.75) is 13.1 Å². The second kappa shape index (κ2) is 8.78. The molecule has 2 aromatic carbocycles. The van der Waals surface area contributed by atoms with Gasteiger partial charge in [-0.15, -0.1) is 0 Å². The average molecular weight is 421 g/mol. The molecule has 1 N–H and O–H groups in total. The van der Waals surface area contributed by atoms with Crippen LogP contribution in [-0.2, 0) is 13.1 Å². The highest BCUT2D eigenvalue weighted by Gasteiger charge is 2.13. The topological polar surface area (TPSA) is 91.0 Å². The molecule has 4 rings (SSSR count). The van der Waals surface area contributed by atoms with Crippen LogP contribution in [0.2, 0.25) is 0 Å². The van der Waals surface area contributed by atoms with E-state index >= 15 is 0 Å². The number of halogens is 1. The summed E-state index contributed by atoms with van der Waals surface area (Å²) in [6, 6.07) is 12.9. The van der Waals surface area contributed by atoms with Gasteiger partial charge in [-0.25, -0.2) is 14.1 Å². The minimum absolute atomic E-state index is 0.237. The van der Waals surface area contributed by atoms with Gasteiger partial charge in [-0.05, 0) is 29.8 Å². The summed E-state index contributed by atoms with van der Waals surface area (Å²) >= 11 is 0. The fourth-order valence-corrected chi connectivity index (χ4v) is 3.26. The van der Waals surface area contributed by atoms with Crippen LogP contribution in [0.5, 0.6) is 5.75 Å². The first-order valence-corrected chi connectivity index (χ1v) is 9.63. The molecule has 0 unspecified atom stereocenters. The summed E-state index contributed by atoms with van der Waals surface area (Å²) in [6.07, 6.45) is 2.91. The zero-order valence-electron chi connectivity index (χ0n) is 16.8. The Bertz CT molecular complexity index is 1280. The molecule has 1 amide bonds. The van der Waals surface area contributed by atoms with E-state index in [0.29, 0.717) is 35.4 Å². The standard InChI is InChI=1S/C22H20FN5O3/c1-31-19-5-3-2-4-17(19)21(29)24-10-11-28-20-18(12-26-28)22(30)27(14-25-20)13-15-6-8-16(23)9-7-15/h2-9,12,14H,10-11,13H2,1H3,(H,24,29). The SMILES string of the molecule is COc1ccccc1C(=O)NCCn1ncc2c(=O)n(Cc3ccc(F)cc3)cnc21. The number of hydrogen-bond donors (Lipinski definition) is 1. The van der Waals surface area contributed by atoms with Crippen LogP contribution in [0.3, 0.4) is 0 Å². The van der Waals surface area contributed by atoms with E-state index in [2.05, 4.69) is 15.4 Å². The Morgan fingerprint density at radius 3 is 2.71 bits per heavy atom. The van der Waals surface area contributed by atoms with Crippen LogP contribution < -0.4 is 15.6 Å². The Morgan fingerprint density at radius 2 is 1.94 bits per heavy atom. The van der Waals surface area contributed by atoms with Crippen LogP contribution in [0.25, 0.3) is 11.0 Å². The highest BCUT2D eigenvalue weighted by molar-refractivity contribution is 5.96. The van der Waals surface area contributed by atoms with Gasteiger partial charge in [0.2, 0.25) is 0 Å². The molecule has 2 aromatic heterocycles. The minimum atomic E-state index is -0.330. The average Bonchev–Trinajstić information content (AvgIpc) is 3.20. The van der Waals surface area contributed by atoms with Crippen molar-refractivity contribution in [3.8, 4) is 5.75 Å². The summed E-state index contributed by atoms with van der Waals surface area (Å²) < 4.78 is 21.3. The van der Waals surface area contributed by atoms with Gasteiger partial charge in [0, 0.05) is 6.54 Å². The van der Waals surface area contributed by atoms with E-state index in [0.717, 1.165) is 5.56 Å². The molecule has 0 saturated heterocycles. The van der Waals surface area contributed by atoms with Gasteiger partial charge in [-0.3, -0.25) is 14.2 Å². The van der Waals surface area contributed by atoms with Crippen LogP contribution in [0.4, 0.5) is 4.39 Å². The molecule has 0 radical (unpaired) electrons. The van der Waals surface area contributed by atoms with Crippen molar-refractivity contribution in [3.05, 3.63) is 88.4 Å². The van der Waals surface area contributed by atoms with E-state index in [-0.39, 0.29) is 23.8 Å². The highest BCUT2D eigenvalue weighted by atomic mass is 19.1. The van der Waals surface area contributed by atoms with Gasteiger partial charge in [-0.1, -0.05) is 24.3 Å². The number of para-hydroxylation sites is 1. The largest absolute Gasteiger partial charge is 0.496 e. The first kappa shape index (κ1) is 20.3. The summed E-state index contributed by atoms with van der Waals surface area (Å²) in [7, 11) is 1.51. The number of benzene rings is 2. The number of methoxy groups -OCH3 is 1. The third-order valence-electron chi connectivity index (χ3n) is 4.85. The Morgan fingerprint density at radius 1 is 1.16 bits per heavy atom. The van der Waals surface area contributed by atoms with Crippen molar-refractivity contribution in [2.24, 2.45) is 0 Å². The smallest absolute Gasteiger partial charge is 0.264 e. The number of carbonyl (C=O) groups is 1. The molecule has 0 spiro atoms. The Kier molecular flexibility index (Phi) is 5.74. The van der Waals surface area contributed by atoms with Gasteiger partial charge < -0.3 is 10.1 Å². The van der Waals surface area contributed by atoms with Gasteiger partial charge in [0.05, 0.1) is 32.0 Å². The lowest BCUT2D eigenvalue weighted by Gasteiger charge is -2.09. The summed E-state index contributed by atoms with van der Waals surface area (Å²) in [5, 5.41) is 7.43. The second-order valence-electron chi connectivity index (χ2n) is 6.87. The van der Waals surface area contributed by atoms with E-state index < -0.39 is 0 Å². The molecule has 0 saturated carbocycles. The van der Waals surface area contributed by atoms with Gasteiger partial charge in [0.25, 0.3) is 11.5 Å². The van der Waals surface area contributed by atoms with E-state index in [4.69, 9.17) is 4.74 Å². The first-order valence-electron chi connectivity index (χ1n) is 9.63. The predicted octanol–water partition coefficient (Wildman–Crippen LogP) is 2.22. The number of carbonyl (C=O) groups excluding carboxylic acids is 1. The lowest BCUT2D eigenvalue weighted by atomic mass is 10.2. The number of aromatic nitrogens is 4. The number of amides is 1. The molecular formula is C22H20FN5O3. The van der Waals surface area contributed by atoms with E-state index in [1.54, 1.807) is 41.1 Å². The number of fused-ring (bicyclic) bond motifs is 1. The Balaban J connectivity index is 1.45. The van der Waals surface area contributed by atoms with Crippen molar-refractivity contribution >= 4 is 16.9 Å². The Hall–Kier alpha value is -4.01. The van der Waals surface area contributed by atoms with Crippen LogP contribution in [-0.4, -0.2) is 38.9 Å². The summed E-state index contributed by atoms with van der Waals surface area (Å²) in [4.78, 5) is 29.5. The van der Waals surface area contributed by atoms with Crippen molar-refractivity contribution in [1.29, 1.82) is 0 Å². The summed E-state index contributed by atoms with van der Waals surface area (Å²) in [5.41, 5.74) is 1.43. The number of ether oxygens (including phenoxy) is 1. The zero-order valence-corrected chi connectivity index (χ0v) is 16.8. The van der Waals surface area contributed by atoms with Crippen LogP contribution in [0, 0.1) is 5.82 Å². The van der Waals surface area contributed by atoms with Gasteiger partial charge in [0.1, 0.15) is 23.3 Å². The van der Waals surface area contributed by atoms with Crippen molar-refractivity contribution < 1.29 is 13.9 Å². The normalized spacial score (nSPS) is 10.9. The Labute approximate surface area is 176 Å². The third-order valence-corrected chi connectivity index (χ3v) is 4.85. The van der Waals surface area contributed by atoms with Crippen molar-refractivity contribution in [1.82, 2.24) is 24.6 Å². The summed E-state index contributed by atoms with van der Waals surface area (Å²) in [5.74, 6) is -0.0971. The predicted molar refractivity (Wildman–Crippen MR) is 113 cm³/mol. The molecule has 0 fully saturated rings. The molecular weight excluding hydrogens is 401 g/mol. The molecule has 0 bridgehead atoms. The fourth-order valence-electron chi connectivity index (χ4n) is 3.26.